The fraction of sp³-hybridized carbons (Fsp3) is 0.275. The van der Waals surface area contributed by atoms with E-state index in [0.29, 0.717) is 36.5 Å². The highest BCUT2D eigenvalue weighted by molar-refractivity contribution is 5.65. The number of hydrogen-bond donors (Lipinski definition) is 0. The topological polar surface area (TPSA) is 74.9 Å². The van der Waals surface area contributed by atoms with E-state index in [2.05, 4.69) is 91.6 Å². The maximum absolute atomic E-state index is 6.13. The SMILES string of the molecule is Cc1cc(Oc2ccc(-c3ccc(C(C)OCC4CO4)cc3)cc2)nc(Oc2ccc(-c3ccc(C(C)OCC4CO4)cc3)cc2)c1. The third-order valence-electron chi connectivity index (χ3n) is 8.37. The number of nitrogens with zero attached hydrogens (tertiary/aromatic N) is 1. The van der Waals surface area contributed by atoms with Crippen LogP contribution in [0.2, 0.25) is 0 Å². The molecule has 0 aliphatic carbocycles. The van der Waals surface area contributed by atoms with Crippen molar-refractivity contribution in [1.82, 2.24) is 4.98 Å². The quantitative estimate of drug-likeness (QED) is 0.113. The Balaban J connectivity index is 0.948. The summed E-state index contributed by atoms with van der Waals surface area (Å²) in [6, 6.07) is 36.8. The molecule has 7 heteroatoms. The third-order valence-corrected chi connectivity index (χ3v) is 8.37. The lowest BCUT2D eigenvalue weighted by Gasteiger charge is -2.14. The van der Waals surface area contributed by atoms with Crippen LogP contribution in [0.3, 0.4) is 0 Å². The van der Waals surface area contributed by atoms with Gasteiger partial charge in [-0.05, 0) is 84.0 Å². The number of benzene rings is 4. The number of hydrogen-bond acceptors (Lipinski definition) is 7. The van der Waals surface area contributed by atoms with Crippen molar-refractivity contribution < 1.29 is 28.4 Å². The summed E-state index contributed by atoms with van der Waals surface area (Å²) < 4.78 is 34.5. The van der Waals surface area contributed by atoms with Gasteiger partial charge in [0.2, 0.25) is 11.8 Å². The summed E-state index contributed by atoms with van der Waals surface area (Å²) in [6.45, 7) is 9.04. The molecule has 47 heavy (non-hydrogen) atoms. The van der Waals surface area contributed by atoms with Gasteiger partial charge in [-0.15, -0.1) is 0 Å². The average molecular weight is 630 g/mol. The van der Waals surface area contributed by atoms with Crippen molar-refractivity contribution in [2.45, 2.75) is 45.2 Å². The number of rotatable bonds is 14. The number of aromatic nitrogens is 1. The third kappa shape index (κ3) is 8.44. The van der Waals surface area contributed by atoms with E-state index in [9.17, 15) is 0 Å². The predicted octanol–water partition coefficient (Wildman–Crippen LogP) is 9.26. The van der Waals surface area contributed by atoms with Crippen LogP contribution in [0.1, 0.15) is 42.7 Å². The molecular weight excluding hydrogens is 590 g/mol. The molecule has 0 spiro atoms. The van der Waals surface area contributed by atoms with E-state index in [4.69, 9.17) is 28.4 Å². The van der Waals surface area contributed by atoms with Crippen LogP contribution < -0.4 is 9.47 Å². The Kier molecular flexibility index (Phi) is 9.31. The molecule has 4 aromatic carbocycles. The van der Waals surface area contributed by atoms with Crippen molar-refractivity contribution in [1.29, 1.82) is 0 Å². The largest absolute Gasteiger partial charge is 0.439 e. The molecule has 2 aliphatic heterocycles. The van der Waals surface area contributed by atoms with E-state index in [-0.39, 0.29) is 24.4 Å². The van der Waals surface area contributed by atoms with E-state index >= 15 is 0 Å². The first kappa shape index (κ1) is 31.1. The van der Waals surface area contributed by atoms with E-state index < -0.39 is 0 Å². The minimum absolute atomic E-state index is 0.0325. The van der Waals surface area contributed by atoms with Crippen molar-refractivity contribution in [2.24, 2.45) is 0 Å². The molecule has 2 fully saturated rings. The average Bonchev–Trinajstić information content (AvgIpc) is 4.03. The lowest BCUT2D eigenvalue weighted by Crippen LogP contribution is -2.05. The van der Waals surface area contributed by atoms with Crippen molar-refractivity contribution in [2.75, 3.05) is 26.4 Å². The number of ether oxygens (including phenoxy) is 6. The molecule has 7 nitrogen and oxygen atoms in total. The van der Waals surface area contributed by atoms with Gasteiger partial charge in [0, 0.05) is 12.1 Å². The summed E-state index contributed by atoms with van der Waals surface area (Å²) in [5, 5.41) is 0. The van der Waals surface area contributed by atoms with Crippen LogP contribution >= 0.6 is 0 Å². The molecule has 0 radical (unpaired) electrons. The number of pyridine rings is 1. The predicted molar refractivity (Wildman–Crippen MR) is 181 cm³/mol. The molecule has 4 atom stereocenters. The van der Waals surface area contributed by atoms with Gasteiger partial charge in [-0.25, -0.2) is 0 Å². The Hall–Kier alpha value is -4.53. The minimum Gasteiger partial charge on any atom is -0.439 e. The summed E-state index contributed by atoms with van der Waals surface area (Å²) in [5.74, 6) is 2.35. The summed E-state index contributed by atoms with van der Waals surface area (Å²) in [7, 11) is 0. The standard InChI is InChI=1S/C40H39NO6/c1-26-20-39(46-35-16-12-33(13-17-35)31-8-4-29(5-9-31)27(2)42-22-37-24-44-37)41-40(21-26)47-36-18-14-34(15-19-36)32-10-6-30(7-11-32)28(3)43-23-38-25-45-38/h4-21,27-28,37-38H,22-25H2,1-3H3. The smallest absolute Gasteiger partial charge is 0.222 e. The Morgan fingerprint density at radius 3 is 1.26 bits per heavy atom. The first-order chi connectivity index (χ1) is 22.9. The molecule has 4 unspecified atom stereocenters. The molecule has 0 bridgehead atoms. The van der Waals surface area contributed by atoms with E-state index in [1.165, 1.54) is 0 Å². The van der Waals surface area contributed by atoms with Gasteiger partial charge in [0.25, 0.3) is 0 Å². The second-order valence-corrected chi connectivity index (χ2v) is 12.2. The summed E-state index contributed by atoms with van der Waals surface area (Å²) in [4.78, 5) is 4.61. The number of epoxide rings is 2. The fourth-order valence-corrected chi connectivity index (χ4v) is 5.30. The maximum atomic E-state index is 6.13. The molecule has 0 N–H and O–H groups in total. The highest BCUT2D eigenvalue weighted by atomic mass is 16.6. The zero-order valence-corrected chi connectivity index (χ0v) is 26.9. The summed E-state index contributed by atoms with van der Waals surface area (Å²) in [6.07, 6.45) is 0.597. The van der Waals surface area contributed by atoms with Crippen LogP contribution in [0.25, 0.3) is 22.3 Å². The van der Waals surface area contributed by atoms with Crippen molar-refractivity contribution >= 4 is 0 Å². The van der Waals surface area contributed by atoms with Gasteiger partial charge in [0.05, 0.1) is 38.6 Å². The minimum atomic E-state index is 0.0325. The Bertz CT molecular complexity index is 1630. The highest BCUT2D eigenvalue weighted by Crippen LogP contribution is 2.31. The lowest BCUT2D eigenvalue weighted by atomic mass is 10.0. The fourth-order valence-electron chi connectivity index (χ4n) is 5.30. The number of aryl methyl sites for hydroxylation is 1. The molecule has 2 saturated heterocycles. The van der Waals surface area contributed by atoms with Gasteiger partial charge in [0.15, 0.2) is 0 Å². The maximum Gasteiger partial charge on any atom is 0.222 e. The van der Waals surface area contributed by atoms with Gasteiger partial charge in [0.1, 0.15) is 23.7 Å². The van der Waals surface area contributed by atoms with Crippen molar-refractivity contribution in [3.8, 4) is 45.5 Å². The van der Waals surface area contributed by atoms with Gasteiger partial charge >= 0.3 is 0 Å². The highest BCUT2D eigenvalue weighted by Gasteiger charge is 2.24. The molecule has 1 aromatic heterocycles. The van der Waals surface area contributed by atoms with Crippen LogP contribution in [0.4, 0.5) is 0 Å². The van der Waals surface area contributed by atoms with Crippen molar-refractivity contribution in [3.05, 3.63) is 126 Å². The molecule has 5 aromatic rings. The van der Waals surface area contributed by atoms with Crippen LogP contribution in [0, 0.1) is 6.92 Å². The van der Waals surface area contributed by atoms with Gasteiger partial charge in [-0.2, -0.15) is 4.98 Å². The Morgan fingerprint density at radius 1 is 0.574 bits per heavy atom. The zero-order valence-electron chi connectivity index (χ0n) is 26.9. The molecular formula is C40H39NO6. The molecule has 240 valence electrons. The van der Waals surface area contributed by atoms with Gasteiger partial charge in [-0.1, -0.05) is 72.8 Å². The monoisotopic (exact) mass is 629 g/mol. The molecule has 2 aliphatic rings. The van der Waals surface area contributed by atoms with E-state index in [0.717, 1.165) is 52.2 Å². The van der Waals surface area contributed by atoms with Crippen LogP contribution in [0.15, 0.2) is 109 Å². The second kappa shape index (κ2) is 14.1. The zero-order chi connectivity index (χ0) is 32.2. The van der Waals surface area contributed by atoms with E-state index in [1.807, 2.05) is 43.3 Å². The van der Waals surface area contributed by atoms with E-state index in [1.54, 1.807) is 0 Å². The first-order valence-electron chi connectivity index (χ1n) is 16.2. The summed E-state index contributed by atoms with van der Waals surface area (Å²) >= 11 is 0. The van der Waals surface area contributed by atoms with Crippen LogP contribution in [-0.2, 0) is 18.9 Å². The normalized spacial score (nSPS) is 17.9. The Labute approximate surface area is 276 Å². The van der Waals surface area contributed by atoms with Crippen LogP contribution in [-0.4, -0.2) is 43.6 Å². The first-order valence-corrected chi connectivity index (χ1v) is 16.2. The lowest BCUT2D eigenvalue weighted by molar-refractivity contribution is 0.0539. The molecule has 7 rings (SSSR count). The second-order valence-electron chi connectivity index (χ2n) is 12.2. The summed E-state index contributed by atoms with van der Waals surface area (Å²) in [5.41, 5.74) is 7.75. The Morgan fingerprint density at radius 2 is 0.915 bits per heavy atom. The molecule has 0 saturated carbocycles. The van der Waals surface area contributed by atoms with Gasteiger partial charge < -0.3 is 28.4 Å². The molecule has 0 amide bonds. The van der Waals surface area contributed by atoms with Crippen molar-refractivity contribution in [3.63, 3.8) is 0 Å². The van der Waals surface area contributed by atoms with Gasteiger partial charge in [-0.3, -0.25) is 0 Å². The molecule has 3 heterocycles. The van der Waals surface area contributed by atoms with Crippen LogP contribution in [0.5, 0.6) is 23.3 Å².